The molecule has 1 heterocycles. The molecular weight excluding hydrogens is 250 g/mol. The standard InChI is InChI=1S/C15H12F2O2/c16-12-5-2-6-13(17)14(12)11-4-1-3-9-7-10(8-18)19-15(9)11/h1-6,10,18H,7-8H2/t10-/m0/s1. The largest absolute Gasteiger partial charge is 0.487 e. The van der Waals surface area contributed by atoms with E-state index in [0.717, 1.165) is 5.56 Å². The van der Waals surface area contributed by atoms with E-state index in [9.17, 15) is 8.78 Å². The van der Waals surface area contributed by atoms with Crippen molar-refractivity contribution in [1.29, 1.82) is 0 Å². The minimum Gasteiger partial charge on any atom is -0.487 e. The Balaban J connectivity index is 2.16. The molecule has 0 bridgehead atoms. The van der Waals surface area contributed by atoms with Gasteiger partial charge in [0.1, 0.15) is 23.5 Å². The lowest BCUT2D eigenvalue weighted by atomic mass is 10.00. The summed E-state index contributed by atoms with van der Waals surface area (Å²) in [5.41, 5.74) is 1.17. The fourth-order valence-electron chi connectivity index (χ4n) is 2.39. The Morgan fingerprint density at radius 3 is 2.47 bits per heavy atom. The van der Waals surface area contributed by atoms with E-state index in [1.54, 1.807) is 12.1 Å². The number of ether oxygens (including phenoxy) is 1. The number of halogens is 2. The van der Waals surface area contributed by atoms with Gasteiger partial charge in [-0.2, -0.15) is 0 Å². The Morgan fingerprint density at radius 1 is 1.11 bits per heavy atom. The van der Waals surface area contributed by atoms with Crippen LogP contribution >= 0.6 is 0 Å². The Hall–Kier alpha value is -1.94. The van der Waals surface area contributed by atoms with Crippen molar-refractivity contribution in [2.75, 3.05) is 6.61 Å². The molecular formula is C15H12F2O2. The third-order valence-electron chi connectivity index (χ3n) is 3.26. The Morgan fingerprint density at radius 2 is 1.79 bits per heavy atom. The van der Waals surface area contributed by atoms with Gasteiger partial charge >= 0.3 is 0 Å². The summed E-state index contributed by atoms with van der Waals surface area (Å²) >= 11 is 0. The van der Waals surface area contributed by atoms with Crippen LogP contribution in [0, 0.1) is 11.6 Å². The molecule has 2 aromatic rings. The van der Waals surface area contributed by atoms with Gasteiger partial charge in [-0.1, -0.05) is 24.3 Å². The zero-order valence-corrected chi connectivity index (χ0v) is 10.1. The molecule has 0 aromatic heterocycles. The van der Waals surface area contributed by atoms with Gasteiger partial charge in [-0.3, -0.25) is 0 Å². The molecule has 98 valence electrons. The van der Waals surface area contributed by atoms with Gasteiger partial charge in [0.2, 0.25) is 0 Å². The topological polar surface area (TPSA) is 29.5 Å². The number of hydrogen-bond donors (Lipinski definition) is 1. The first kappa shape index (κ1) is 12.1. The number of aliphatic hydroxyl groups excluding tert-OH is 1. The van der Waals surface area contributed by atoms with Crippen LogP contribution in [0.2, 0.25) is 0 Å². The van der Waals surface area contributed by atoms with Crippen LogP contribution in [0.1, 0.15) is 5.56 Å². The minimum absolute atomic E-state index is 0.0852. The summed E-state index contributed by atoms with van der Waals surface area (Å²) in [7, 11) is 0. The van der Waals surface area contributed by atoms with Crippen molar-refractivity contribution >= 4 is 0 Å². The van der Waals surface area contributed by atoms with Crippen molar-refractivity contribution in [3.8, 4) is 16.9 Å². The molecule has 3 rings (SSSR count). The number of rotatable bonds is 2. The van der Waals surface area contributed by atoms with Gasteiger partial charge in [0.25, 0.3) is 0 Å². The Bertz CT molecular complexity index is 605. The molecule has 0 amide bonds. The predicted molar refractivity (Wildman–Crippen MR) is 67.0 cm³/mol. The summed E-state index contributed by atoms with van der Waals surface area (Å²) in [6.07, 6.45) is 0.210. The highest BCUT2D eigenvalue weighted by Gasteiger charge is 2.26. The van der Waals surface area contributed by atoms with E-state index in [1.807, 2.05) is 6.07 Å². The third-order valence-corrected chi connectivity index (χ3v) is 3.26. The maximum Gasteiger partial charge on any atom is 0.134 e. The van der Waals surface area contributed by atoms with Gasteiger partial charge in [0, 0.05) is 12.0 Å². The van der Waals surface area contributed by atoms with E-state index >= 15 is 0 Å². The molecule has 1 aliphatic heterocycles. The second-order valence-electron chi connectivity index (χ2n) is 4.52. The fraction of sp³-hybridized carbons (Fsp3) is 0.200. The number of para-hydroxylation sites is 1. The zero-order chi connectivity index (χ0) is 13.4. The molecule has 0 fully saturated rings. The molecule has 4 heteroatoms. The zero-order valence-electron chi connectivity index (χ0n) is 10.1. The fourth-order valence-corrected chi connectivity index (χ4v) is 2.39. The Kier molecular flexibility index (Phi) is 2.95. The highest BCUT2D eigenvalue weighted by molar-refractivity contribution is 5.74. The molecule has 0 aliphatic carbocycles. The minimum atomic E-state index is -0.621. The van der Waals surface area contributed by atoms with E-state index < -0.39 is 11.6 Å². The quantitative estimate of drug-likeness (QED) is 0.901. The van der Waals surface area contributed by atoms with Crippen molar-refractivity contribution in [2.24, 2.45) is 0 Å². The van der Waals surface area contributed by atoms with Crippen molar-refractivity contribution < 1.29 is 18.6 Å². The molecule has 2 nitrogen and oxygen atoms in total. The normalized spacial score (nSPS) is 17.1. The third kappa shape index (κ3) is 1.98. The molecule has 2 aromatic carbocycles. The van der Waals surface area contributed by atoms with Crippen LogP contribution in [0.5, 0.6) is 5.75 Å². The molecule has 1 aliphatic rings. The van der Waals surface area contributed by atoms with Crippen molar-refractivity contribution in [3.63, 3.8) is 0 Å². The average Bonchev–Trinajstić information content (AvgIpc) is 2.82. The second kappa shape index (κ2) is 4.63. The molecule has 1 N–H and O–H groups in total. The average molecular weight is 262 g/mol. The first-order chi connectivity index (χ1) is 9.20. The second-order valence-corrected chi connectivity index (χ2v) is 4.52. The molecule has 0 unspecified atom stereocenters. The van der Waals surface area contributed by atoms with E-state index in [-0.39, 0.29) is 18.3 Å². The predicted octanol–water partition coefficient (Wildman–Crippen LogP) is 2.93. The van der Waals surface area contributed by atoms with E-state index in [1.165, 1.54) is 18.2 Å². The molecule has 0 spiro atoms. The smallest absolute Gasteiger partial charge is 0.134 e. The Labute approximate surface area is 109 Å². The number of aliphatic hydroxyl groups is 1. The lowest BCUT2D eigenvalue weighted by molar-refractivity contribution is 0.135. The van der Waals surface area contributed by atoms with Crippen molar-refractivity contribution in [2.45, 2.75) is 12.5 Å². The SMILES string of the molecule is OC[C@@H]1Cc2cccc(-c3c(F)cccc3F)c2O1. The summed E-state index contributed by atoms with van der Waals surface area (Å²) in [6.45, 7) is -0.117. The van der Waals surface area contributed by atoms with Gasteiger partial charge in [-0.15, -0.1) is 0 Å². The van der Waals surface area contributed by atoms with Crippen LogP contribution in [0.3, 0.4) is 0 Å². The van der Waals surface area contributed by atoms with Gasteiger partial charge in [-0.05, 0) is 17.7 Å². The van der Waals surface area contributed by atoms with Gasteiger partial charge in [-0.25, -0.2) is 8.78 Å². The summed E-state index contributed by atoms with van der Waals surface area (Å²) < 4.78 is 33.2. The van der Waals surface area contributed by atoms with Crippen LogP contribution in [0.15, 0.2) is 36.4 Å². The summed E-state index contributed by atoms with van der Waals surface area (Å²) in [5, 5.41) is 9.14. The first-order valence-corrected chi connectivity index (χ1v) is 6.04. The lowest BCUT2D eigenvalue weighted by Crippen LogP contribution is -2.17. The van der Waals surface area contributed by atoms with Crippen LogP contribution in [0.25, 0.3) is 11.1 Å². The number of hydrogen-bond acceptors (Lipinski definition) is 2. The summed E-state index contributed by atoms with van der Waals surface area (Å²) in [5.74, 6) is -0.778. The lowest BCUT2D eigenvalue weighted by Gasteiger charge is -2.11. The first-order valence-electron chi connectivity index (χ1n) is 6.04. The number of fused-ring (bicyclic) bond motifs is 1. The van der Waals surface area contributed by atoms with E-state index in [0.29, 0.717) is 17.7 Å². The van der Waals surface area contributed by atoms with Crippen molar-refractivity contribution in [3.05, 3.63) is 53.6 Å². The van der Waals surface area contributed by atoms with Gasteiger partial charge in [0.05, 0.1) is 12.2 Å². The highest BCUT2D eigenvalue weighted by Crippen LogP contribution is 2.40. The van der Waals surface area contributed by atoms with Crippen LogP contribution in [-0.2, 0) is 6.42 Å². The van der Waals surface area contributed by atoms with E-state index in [2.05, 4.69) is 0 Å². The molecule has 1 atom stereocenters. The molecule has 0 radical (unpaired) electrons. The summed E-state index contributed by atoms with van der Waals surface area (Å²) in [6, 6.07) is 8.97. The van der Waals surface area contributed by atoms with Crippen molar-refractivity contribution in [1.82, 2.24) is 0 Å². The molecule has 0 saturated carbocycles. The van der Waals surface area contributed by atoms with Gasteiger partial charge < -0.3 is 9.84 Å². The maximum absolute atomic E-state index is 13.8. The van der Waals surface area contributed by atoms with Crippen LogP contribution in [-0.4, -0.2) is 17.8 Å². The summed E-state index contributed by atoms with van der Waals surface area (Å²) in [4.78, 5) is 0. The molecule has 19 heavy (non-hydrogen) atoms. The van der Waals surface area contributed by atoms with Crippen LogP contribution < -0.4 is 4.74 Å². The monoisotopic (exact) mass is 262 g/mol. The maximum atomic E-state index is 13.8. The number of benzene rings is 2. The van der Waals surface area contributed by atoms with Gasteiger partial charge in [0.15, 0.2) is 0 Å². The molecule has 0 saturated heterocycles. The van der Waals surface area contributed by atoms with Crippen LogP contribution in [0.4, 0.5) is 8.78 Å². The van der Waals surface area contributed by atoms with E-state index in [4.69, 9.17) is 9.84 Å². The highest BCUT2D eigenvalue weighted by atomic mass is 19.1.